The van der Waals surface area contributed by atoms with Gasteiger partial charge in [-0.3, -0.25) is 9.80 Å². The van der Waals surface area contributed by atoms with Gasteiger partial charge in [0.15, 0.2) is 5.76 Å². The van der Waals surface area contributed by atoms with E-state index in [0.29, 0.717) is 12.6 Å². The molecule has 0 spiro atoms. The van der Waals surface area contributed by atoms with Crippen molar-refractivity contribution in [1.82, 2.24) is 15.0 Å². The van der Waals surface area contributed by atoms with Crippen LogP contribution in [0.1, 0.15) is 30.0 Å². The van der Waals surface area contributed by atoms with E-state index in [-0.39, 0.29) is 0 Å². The summed E-state index contributed by atoms with van der Waals surface area (Å²) in [6.07, 6.45) is -0.429. The molecule has 5 nitrogen and oxygen atoms in total. The molecule has 2 atom stereocenters. The second-order valence-corrected chi connectivity index (χ2v) is 6.44. The quantitative estimate of drug-likeness (QED) is 0.917. The van der Waals surface area contributed by atoms with E-state index in [2.05, 4.69) is 21.9 Å². The first-order valence-corrected chi connectivity index (χ1v) is 8.23. The Hall–Kier alpha value is -1.69. The van der Waals surface area contributed by atoms with Crippen LogP contribution in [0.4, 0.5) is 0 Å². The fourth-order valence-corrected chi connectivity index (χ4v) is 3.20. The highest BCUT2D eigenvalue weighted by atomic mass is 16.5. The molecule has 1 N–H and O–H groups in total. The Labute approximate surface area is 137 Å². The minimum absolute atomic E-state index is 0.408. The summed E-state index contributed by atoms with van der Waals surface area (Å²) in [5.41, 5.74) is 1.91. The Morgan fingerprint density at radius 2 is 2.09 bits per heavy atom. The Morgan fingerprint density at radius 3 is 2.74 bits per heavy atom. The number of rotatable bonds is 5. The van der Waals surface area contributed by atoms with Gasteiger partial charge in [0.1, 0.15) is 0 Å². The third kappa shape index (κ3) is 4.19. The van der Waals surface area contributed by atoms with Gasteiger partial charge in [-0.25, -0.2) is 0 Å². The normalized spacial score (nSPS) is 21.4. The maximum atomic E-state index is 10.4. The van der Waals surface area contributed by atoms with Crippen molar-refractivity contribution in [2.45, 2.75) is 32.5 Å². The van der Waals surface area contributed by atoms with Gasteiger partial charge in [0.05, 0.1) is 18.3 Å². The van der Waals surface area contributed by atoms with E-state index in [0.717, 1.165) is 43.2 Å². The van der Waals surface area contributed by atoms with Crippen LogP contribution in [0.3, 0.4) is 0 Å². The SMILES string of the molecule is Cc1cc(CN2CCN(C[C@@H](O)c3ccccc3)[C@@H](C)C2)on1. The van der Waals surface area contributed by atoms with Crippen LogP contribution in [0, 0.1) is 6.92 Å². The van der Waals surface area contributed by atoms with Gasteiger partial charge in [-0.15, -0.1) is 0 Å². The summed E-state index contributed by atoms with van der Waals surface area (Å²) in [6.45, 7) is 8.56. The zero-order valence-electron chi connectivity index (χ0n) is 13.9. The van der Waals surface area contributed by atoms with E-state index in [4.69, 9.17) is 4.52 Å². The Morgan fingerprint density at radius 1 is 1.30 bits per heavy atom. The second-order valence-electron chi connectivity index (χ2n) is 6.44. The molecule has 0 aliphatic carbocycles. The zero-order chi connectivity index (χ0) is 16.2. The topological polar surface area (TPSA) is 52.7 Å². The molecular formula is C18H25N3O2. The summed E-state index contributed by atoms with van der Waals surface area (Å²) in [4.78, 5) is 4.75. The molecule has 1 aliphatic heterocycles. The average molecular weight is 315 g/mol. The summed E-state index contributed by atoms with van der Waals surface area (Å²) in [5, 5.41) is 14.4. The highest BCUT2D eigenvalue weighted by Gasteiger charge is 2.26. The Kier molecular flexibility index (Phi) is 5.10. The van der Waals surface area contributed by atoms with Gasteiger partial charge in [-0.05, 0) is 19.4 Å². The van der Waals surface area contributed by atoms with Crippen molar-refractivity contribution in [1.29, 1.82) is 0 Å². The molecule has 23 heavy (non-hydrogen) atoms. The number of benzene rings is 1. The largest absolute Gasteiger partial charge is 0.387 e. The fraction of sp³-hybridized carbons (Fsp3) is 0.500. The first kappa shape index (κ1) is 16.2. The predicted molar refractivity (Wildman–Crippen MR) is 89.0 cm³/mol. The van der Waals surface area contributed by atoms with E-state index < -0.39 is 6.10 Å². The van der Waals surface area contributed by atoms with Gasteiger partial charge in [0, 0.05) is 38.3 Å². The van der Waals surface area contributed by atoms with Crippen molar-refractivity contribution in [2.75, 3.05) is 26.2 Å². The maximum Gasteiger partial charge on any atom is 0.150 e. The Balaban J connectivity index is 1.52. The van der Waals surface area contributed by atoms with Crippen molar-refractivity contribution in [2.24, 2.45) is 0 Å². The van der Waals surface area contributed by atoms with Gasteiger partial charge < -0.3 is 9.63 Å². The number of aryl methyl sites for hydroxylation is 1. The fourth-order valence-electron chi connectivity index (χ4n) is 3.20. The minimum Gasteiger partial charge on any atom is -0.387 e. The van der Waals surface area contributed by atoms with Gasteiger partial charge in [0.25, 0.3) is 0 Å². The molecule has 3 rings (SSSR count). The smallest absolute Gasteiger partial charge is 0.150 e. The molecule has 1 aromatic carbocycles. The van der Waals surface area contributed by atoms with Crippen LogP contribution in [0.2, 0.25) is 0 Å². The van der Waals surface area contributed by atoms with E-state index in [1.54, 1.807) is 0 Å². The van der Waals surface area contributed by atoms with Crippen molar-refractivity contribution in [3.63, 3.8) is 0 Å². The summed E-state index contributed by atoms with van der Waals surface area (Å²) in [6, 6.07) is 12.3. The van der Waals surface area contributed by atoms with Crippen molar-refractivity contribution in [3.8, 4) is 0 Å². The highest BCUT2D eigenvalue weighted by Crippen LogP contribution is 2.19. The van der Waals surface area contributed by atoms with Gasteiger partial charge >= 0.3 is 0 Å². The molecule has 1 aromatic heterocycles. The third-order valence-electron chi connectivity index (χ3n) is 4.50. The number of hydrogen-bond acceptors (Lipinski definition) is 5. The molecule has 2 heterocycles. The van der Waals surface area contributed by atoms with Crippen molar-refractivity contribution < 1.29 is 9.63 Å². The van der Waals surface area contributed by atoms with Gasteiger partial charge in [-0.1, -0.05) is 35.5 Å². The average Bonchev–Trinajstić information content (AvgIpc) is 2.96. The minimum atomic E-state index is -0.429. The molecule has 0 radical (unpaired) electrons. The summed E-state index contributed by atoms with van der Waals surface area (Å²) >= 11 is 0. The number of β-amino-alcohol motifs (C(OH)–C–C–N with tert-alkyl or cyclic N) is 1. The number of aliphatic hydroxyl groups excluding tert-OH is 1. The molecule has 0 unspecified atom stereocenters. The number of nitrogens with zero attached hydrogens (tertiary/aromatic N) is 3. The van der Waals surface area contributed by atoms with Crippen molar-refractivity contribution >= 4 is 0 Å². The lowest BCUT2D eigenvalue weighted by molar-refractivity contribution is 0.0334. The van der Waals surface area contributed by atoms with Crippen LogP contribution in [0.5, 0.6) is 0 Å². The van der Waals surface area contributed by atoms with Crippen LogP contribution in [0.15, 0.2) is 40.9 Å². The lowest BCUT2D eigenvalue weighted by Crippen LogP contribution is -2.52. The number of hydrogen-bond donors (Lipinski definition) is 1. The lowest BCUT2D eigenvalue weighted by Gasteiger charge is -2.40. The van der Waals surface area contributed by atoms with Crippen molar-refractivity contribution in [3.05, 3.63) is 53.4 Å². The van der Waals surface area contributed by atoms with Crippen LogP contribution in [-0.4, -0.2) is 52.3 Å². The molecule has 0 amide bonds. The Bertz CT molecular complexity index is 614. The van der Waals surface area contributed by atoms with Crippen LogP contribution >= 0.6 is 0 Å². The molecule has 1 saturated heterocycles. The zero-order valence-corrected chi connectivity index (χ0v) is 13.9. The first-order valence-electron chi connectivity index (χ1n) is 8.23. The first-order chi connectivity index (χ1) is 11.1. The standard InChI is InChI=1S/C18H25N3O2/c1-14-10-17(23-19-14)12-20-8-9-21(15(2)11-20)13-18(22)16-6-4-3-5-7-16/h3-7,10,15,18,22H,8-9,11-13H2,1-2H3/t15-,18+/m0/s1. The molecular weight excluding hydrogens is 290 g/mol. The molecule has 5 heteroatoms. The van der Waals surface area contributed by atoms with Crippen LogP contribution < -0.4 is 0 Å². The molecule has 0 saturated carbocycles. The van der Waals surface area contributed by atoms with E-state index in [9.17, 15) is 5.11 Å². The molecule has 124 valence electrons. The van der Waals surface area contributed by atoms with Crippen LogP contribution in [-0.2, 0) is 6.54 Å². The van der Waals surface area contributed by atoms with Crippen LogP contribution in [0.25, 0.3) is 0 Å². The molecule has 1 fully saturated rings. The summed E-state index contributed by atoms with van der Waals surface area (Å²) in [7, 11) is 0. The number of piperazine rings is 1. The number of aliphatic hydroxyl groups is 1. The van der Waals surface area contributed by atoms with Gasteiger partial charge in [-0.2, -0.15) is 0 Å². The van der Waals surface area contributed by atoms with E-state index >= 15 is 0 Å². The number of aromatic nitrogens is 1. The monoisotopic (exact) mass is 315 g/mol. The third-order valence-corrected chi connectivity index (χ3v) is 4.50. The molecule has 0 bridgehead atoms. The van der Waals surface area contributed by atoms with E-state index in [1.165, 1.54) is 0 Å². The molecule has 2 aromatic rings. The highest BCUT2D eigenvalue weighted by molar-refractivity contribution is 5.17. The summed E-state index contributed by atoms with van der Waals surface area (Å²) in [5.74, 6) is 0.924. The summed E-state index contributed by atoms with van der Waals surface area (Å²) < 4.78 is 5.31. The molecule has 1 aliphatic rings. The van der Waals surface area contributed by atoms with E-state index in [1.807, 2.05) is 43.3 Å². The second kappa shape index (κ2) is 7.25. The van der Waals surface area contributed by atoms with Gasteiger partial charge in [0.2, 0.25) is 0 Å². The lowest BCUT2D eigenvalue weighted by atomic mass is 10.1. The predicted octanol–water partition coefficient (Wildman–Crippen LogP) is 2.22. The maximum absolute atomic E-state index is 10.4.